The molecule has 0 fully saturated rings. The van der Waals surface area contributed by atoms with Crippen LogP contribution < -0.4 is 5.32 Å². The zero-order chi connectivity index (χ0) is 14.7. The molecule has 104 valence electrons. The number of phenolic OH excluding ortho intramolecular Hbond substituents is 1. The van der Waals surface area contributed by atoms with E-state index in [0.717, 1.165) is 22.5 Å². The molecule has 1 aromatic heterocycles. The quantitative estimate of drug-likeness (QED) is 0.726. The largest absolute Gasteiger partial charge is 0.508 e. The molecule has 0 aliphatic heterocycles. The summed E-state index contributed by atoms with van der Waals surface area (Å²) in [4.78, 5) is 4.05. The van der Waals surface area contributed by atoms with Gasteiger partial charge in [0.25, 0.3) is 0 Å². The summed E-state index contributed by atoms with van der Waals surface area (Å²) in [6, 6.07) is 16.6. The Morgan fingerprint density at radius 1 is 0.952 bits per heavy atom. The van der Waals surface area contributed by atoms with Crippen LogP contribution in [0.3, 0.4) is 0 Å². The minimum atomic E-state index is 0.179. The van der Waals surface area contributed by atoms with Crippen molar-refractivity contribution in [1.29, 1.82) is 0 Å². The van der Waals surface area contributed by atoms with E-state index in [1.54, 1.807) is 24.5 Å². The summed E-state index contributed by atoms with van der Waals surface area (Å²) in [5, 5.41) is 13.8. The van der Waals surface area contributed by atoms with Gasteiger partial charge in [0, 0.05) is 28.5 Å². The average Bonchev–Trinajstić information content (AvgIpc) is 2.48. The molecule has 3 aromatic rings. The molecule has 0 aliphatic rings. The second kappa shape index (κ2) is 5.85. The number of nitrogens with zero attached hydrogens (tertiary/aromatic N) is 1. The Labute approximate surface area is 127 Å². The van der Waals surface area contributed by atoms with E-state index in [9.17, 15) is 5.11 Å². The first-order valence-corrected chi connectivity index (χ1v) is 6.86. The minimum Gasteiger partial charge on any atom is -0.508 e. The molecule has 0 aliphatic carbocycles. The Kier molecular flexibility index (Phi) is 3.75. The van der Waals surface area contributed by atoms with Gasteiger partial charge in [0.05, 0.1) is 11.9 Å². The van der Waals surface area contributed by atoms with Crippen LogP contribution in [-0.2, 0) is 0 Å². The first-order chi connectivity index (χ1) is 10.2. The third kappa shape index (κ3) is 3.15. The third-order valence-electron chi connectivity index (χ3n) is 3.05. The van der Waals surface area contributed by atoms with Gasteiger partial charge in [0.15, 0.2) is 0 Å². The highest BCUT2D eigenvalue weighted by Crippen LogP contribution is 2.33. The van der Waals surface area contributed by atoms with Crippen molar-refractivity contribution in [3.05, 3.63) is 72.0 Å². The third-order valence-corrected chi connectivity index (χ3v) is 3.38. The van der Waals surface area contributed by atoms with Crippen LogP contribution >= 0.6 is 11.6 Å². The predicted molar refractivity (Wildman–Crippen MR) is 86.1 cm³/mol. The number of aromatic hydroxyl groups is 1. The van der Waals surface area contributed by atoms with Gasteiger partial charge >= 0.3 is 0 Å². The molecule has 0 amide bonds. The lowest BCUT2D eigenvalue weighted by molar-refractivity contribution is 0.476. The zero-order valence-corrected chi connectivity index (χ0v) is 11.9. The number of halogens is 1. The van der Waals surface area contributed by atoms with Crippen molar-refractivity contribution in [2.75, 3.05) is 5.32 Å². The van der Waals surface area contributed by atoms with Crippen LogP contribution in [0.1, 0.15) is 0 Å². The SMILES string of the molecule is Oc1cc(Nc2cccnc2)cc(-c2ccccc2Cl)c1. The van der Waals surface area contributed by atoms with Crippen molar-refractivity contribution in [3.63, 3.8) is 0 Å². The molecule has 21 heavy (non-hydrogen) atoms. The van der Waals surface area contributed by atoms with E-state index in [-0.39, 0.29) is 5.75 Å². The number of phenols is 1. The van der Waals surface area contributed by atoms with Crippen LogP contribution in [0.15, 0.2) is 67.0 Å². The van der Waals surface area contributed by atoms with Gasteiger partial charge in [0.1, 0.15) is 5.75 Å². The Bertz CT molecular complexity index is 760. The summed E-state index contributed by atoms with van der Waals surface area (Å²) in [5.74, 6) is 0.179. The number of aromatic nitrogens is 1. The molecule has 0 spiro atoms. The van der Waals surface area contributed by atoms with E-state index in [0.29, 0.717) is 5.02 Å². The molecule has 0 radical (unpaired) electrons. The molecule has 0 bridgehead atoms. The lowest BCUT2D eigenvalue weighted by Crippen LogP contribution is -1.91. The molecule has 0 saturated heterocycles. The number of nitrogens with one attached hydrogen (secondary N) is 1. The van der Waals surface area contributed by atoms with Gasteiger partial charge in [-0.3, -0.25) is 4.98 Å². The molecule has 3 rings (SSSR count). The van der Waals surface area contributed by atoms with Crippen molar-refractivity contribution in [2.24, 2.45) is 0 Å². The highest BCUT2D eigenvalue weighted by molar-refractivity contribution is 6.33. The summed E-state index contributed by atoms with van der Waals surface area (Å²) in [6.45, 7) is 0. The van der Waals surface area contributed by atoms with Crippen LogP contribution in [0, 0.1) is 0 Å². The van der Waals surface area contributed by atoms with Gasteiger partial charge in [-0.15, -0.1) is 0 Å². The van der Waals surface area contributed by atoms with E-state index < -0.39 is 0 Å². The van der Waals surface area contributed by atoms with Gasteiger partial charge in [-0.25, -0.2) is 0 Å². The molecular weight excluding hydrogens is 284 g/mol. The topological polar surface area (TPSA) is 45.1 Å². The molecule has 3 nitrogen and oxygen atoms in total. The van der Waals surface area contributed by atoms with Gasteiger partial charge in [0.2, 0.25) is 0 Å². The highest BCUT2D eigenvalue weighted by Gasteiger charge is 2.06. The van der Waals surface area contributed by atoms with Crippen LogP contribution in [0.5, 0.6) is 5.75 Å². The number of benzene rings is 2. The Morgan fingerprint density at radius 2 is 1.81 bits per heavy atom. The van der Waals surface area contributed by atoms with Gasteiger partial charge in [-0.2, -0.15) is 0 Å². The second-order valence-corrected chi connectivity index (χ2v) is 5.02. The van der Waals surface area contributed by atoms with Gasteiger partial charge < -0.3 is 10.4 Å². The Hall–Kier alpha value is -2.52. The van der Waals surface area contributed by atoms with Crippen LogP contribution in [0.2, 0.25) is 5.02 Å². The maximum absolute atomic E-state index is 9.93. The monoisotopic (exact) mass is 296 g/mol. The lowest BCUT2D eigenvalue weighted by Gasteiger charge is -2.10. The first kappa shape index (κ1) is 13.5. The molecule has 0 atom stereocenters. The van der Waals surface area contributed by atoms with Gasteiger partial charge in [-0.05, 0) is 35.9 Å². The smallest absolute Gasteiger partial charge is 0.118 e. The summed E-state index contributed by atoms with van der Waals surface area (Å²) in [6.07, 6.45) is 3.43. The maximum Gasteiger partial charge on any atom is 0.118 e. The lowest BCUT2D eigenvalue weighted by atomic mass is 10.0. The normalized spacial score (nSPS) is 10.3. The van der Waals surface area contributed by atoms with Crippen molar-refractivity contribution in [3.8, 4) is 16.9 Å². The Balaban J connectivity index is 1.99. The molecule has 0 saturated carbocycles. The Morgan fingerprint density at radius 3 is 2.57 bits per heavy atom. The molecule has 4 heteroatoms. The highest BCUT2D eigenvalue weighted by atomic mass is 35.5. The fourth-order valence-electron chi connectivity index (χ4n) is 2.14. The maximum atomic E-state index is 9.93. The zero-order valence-electron chi connectivity index (χ0n) is 11.1. The average molecular weight is 297 g/mol. The van der Waals surface area contributed by atoms with Crippen molar-refractivity contribution >= 4 is 23.0 Å². The van der Waals surface area contributed by atoms with E-state index in [2.05, 4.69) is 10.3 Å². The van der Waals surface area contributed by atoms with E-state index in [4.69, 9.17) is 11.6 Å². The van der Waals surface area contributed by atoms with Gasteiger partial charge in [-0.1, -0.05) is 29.8 Å². The number of rotatable bonds is 3. The second-order valence-electron chi connectivity index (χ2n) is 4.62. The van der Waals surface area contributed by atoms with Crippen molar-refractivity contribution in [1.82, 2.24) is 4.98 Å². The molecule has 0 unspecified atom stereocenters. The van der Waals surface area contributed by atoms with Crippen molar-refractivity contribution in [2.45, 2.75) is 0 Å². The van der Waals surface area contributed by atoms with E-state index >= 15 is 0 Å². The first-order valence-electron chi connectivity index (χ1n) is 6.48. The molecule has 2 N–H and O–H groups in total. The molecule has 2 aromatic carbocycles. The van der Waals surface area contributed by atoms with E-state index in [1.165, 1.54) is 0 Å². The minimum absolute atomic E-state index is 0.179. The number of hydrogen-bond acceptors (Lipinski definition) is 3. The number of anilines is 2. The fourth-order valence-corrected chi connectivity index (χ4v) is 2.38. The van der Waals surface area contributed by atoms with E-state index in [1.807, 2.05) is 42.5 Å². The fraction of sp³-hybridized carbons (Fsp3) is 0. The molecular formula is C17H13ClN2O. The summed E-state index contributed by atoms with van der Waals surface area (Å²) < 4.78 is 0. The number of pyridine rings is 1. The van der Waals surface area contributed by atoms with Crippen LogP contribution in [-0.4, -0.2) is 10.1 Å². The molecule has 1 heterocycles. The summed E-state index contributed by atoms with van der Waals surface area (Å²) in [5.41, 5.74) is 3.36. The standard InChI is InChI=1S/C17H13ClN2O/c18-17-6-2-1-5-16(17)12-8-14(10-15(21)9-12)20-13-4-3-7-19-11-13/h1-11,20-21H. The van der Waals surface area contributed by atoms with Crippen LogP contribution in [0.25, 0.3) is 11.1 Å². The number of hydrogen-bond donors (Lipinski definition) is 2. The summed E-state index contributed by atoms with van der Waals surface area (Å²) in [7, 11) is 0. The van der Waals surface area contributed by atoms with Crippen LogP contribution in [0.4, 0.5) is 11.4 Å². The predicted octanol–water partition coefficient (Wildman–Crippen LogP) is 4.85. The summed E-state index contributed by atoms with van der Waals surface area (Å²) >= 11 is 6.21. The van der Waals surface area contributed by atoms with Crippen molar-refractivity contribution < 1.29 is 5.11 Å².